The molecule has 6 aliphatic rings. The van der Waals surface area contributed by atoms with Gasteiger partial charge in [0, 0.05) is 81.6 Å². The van der Waals surface area contributed by atoms with Crippen LogP contribution in [0.25, 0.3) is 0 Å². The summed E-state index contributed by atoms with van der Waals surface area (Å²) >= 11 is 0. The molecule has 0 radical (unpaired) electrons. The maximum absolute atomic E-state index is 11.7. The van der Waals surface area contributed by atoms with Gasteiger partial charge in [-0.25, -0.2) is 4.79 Å². The van der Waals surface area contributed by atoms with E-state index >= 15 is 0 Å². The molecule has 10 heteroatoms. The van der Waals surface area contributed by atoms with Crippen molar-refractivity contribution in [2.75, 3.05) is 35.3 Å². The van der Waals surface area contributed by atoms with Gasteiger partial charge in [0.15, 0.2) is 0 Å². The number of nitrogens with zero attached hydrogens (tertiary/aromatic N) is 3. The minimum absolute atomic E-state index is 0. The zero-order valence-electron chi connectivity index (χ0n) is 46.7. The number of quaternary nitrogens is 1. The molecule has 6 unspecified atom stereocenters. The molecule has 11 rings (SSSR count). The predicted octanol–water partition coefficient (Wildman–Crippen LogP) is 5.75. The minimum atomic E-state index is -0.827. The summed E-state index contributed by atoms with van der Waals surface area (Å²) in [6.45, 7) is 3.72. The third-order valence-electron chi connectivity index (χ3n) is 17.4. The number of aliphatic hydroxyl groups is 2. The Morgan fingerprint density at radius 1 is 0.532 bits per heavy atom. The smallest absolute Gasteiger partial charge is 1.00 e. The number of halogens is 2. The van der Waals surface area contributed by atoms with E-state index in [1.54, 1.807) is 6.08 Å². The molecule has 77 heavy (non-hydrogen) atoms. The van der Waals surface area contributed by atoms with Crippen LogP contribution in [0.1, 0.15) is 105 Å². The van der Waals surface area contributed by atoms with Gasteiger partial charge in [-0.15, -0.1) is 12.1 Å². The van der Waals surface area contributed by atoms with Crippen LogP contribution in [0.3, 0.4) is 0 Å². The van der Waals surface area contributed by atoms with Crippen molar-refractivity contribution in [2.45, 2.75) is 150 Å². The first-order chi connectivity index (χ1) is 35.7. The maximum Gasteiger partial charge on any atom is 2.00 e. The van der Waals surface area contributed by atoms with Crippen LogP contribution in [0.15, 0.2) is 187 Å². The molecule has 6 aliphatic heterocycles. The Kier molecular flexibility index (Phi) is 25.3. The molecular weight excluding hydrogens is 1140 g/mol. The van der Waals surface area contributed by atoms with Gasteiger partial charge in [0.1, 0.15) is 0 Å². The Morgan fingerprint density at radius 3 is 1.10 bits per heavy atom. The number of methoxy groups -OCH3 is 1. The van der Waals surface area contributed by atoms with Gasteiger partial charge >= 0.3 is 29.0 Å². The average molecular weight is 1230 g/mol. The largest absolute Gasteiger partial charge is 2.00 e. The van der Waals surface area contributed by atoms with Crippen molar-refractivity contribution < 1.29 is 65.2 Å². The van der Waals surface area contributed by atoms with Gasteiger partial charge in [0.2, 0.25) is 0 Å². The fraction of sp³-hybridized carbons (Fsp3) is 0.433. The summed E-state index contributed by atoms with van der Waals surface area (Å²) in [6.07, 6.45) is 23.2. The van der Waals surface area contributed by atoms with Crippen molar-refractivity contribution in [3.05, 3.63) is 221 Å². The molecule has 0 aliphatic carbocycles. The van der Waals surface area contributed by atoms with Gasteiger partial charge < -0.3 is 60.4 Å². The number of piperidine rings is 3. The molecule has 0 spiro atoms. The fourth-order valence-corrected chi connectivity index (χ4v) is 13.2. The number of benzene rings is 5. The van der Waals surface area contributed by atoms with Crippen molar-refractivity contribution in [1.82, 2.24) is 9.80 Å². The molecule has 6 bridgehead atoms. The Morgan fingerprint density at radius 2 is 0.818 bits per heavy atom. The van der Waals surface area contributed by atoms with Crippen molar-refractivity contribution in [1.29, 1.82) is 0 Å². The monoisotopic (exact) mass is 1230 g/mol. The Bertz CT molecular complexity index is 2500. The Balaban J connectivity index is 0.000000203. The maximum atomic E-state index is 11.7. The minimum Gasteiger partial charge on any atom is -1.00 e. The molecule has 0 saturated carbocycles. The summed E-state index contributed by atoms with van der Waals surface area (Å²) in [5.74, 6) is -0.205. The fourth-order valence-electron chi connectivity index (χ4n) is 13.2. The molecule has 6 atom stereocenters. The second-order valence-corrected chi connectivity index (χ2v) is 23.1. The van der Waals surface area contributed by atoms with E-state index in [0.717, 1.165) is 48.6 Å². The zero-order valence-corrected chi connectivity index (χ0v) is 51.8. The van der Waals surface area contributed by atoms with Gasteiger partial charge in [-0.3, -0.25) is 9.80 Å². The third-order valence-corrected chi connectivity index (χ3v) is 17.4. The first kappa shape index (κ1) is 64.3. The molecule has 5 aromatic carbocycles. The summed E-state index contributed by atoms with van der Waals surface area (Å²) in [7, 11) is 10.7. The number of ether oxygens (including phenoxy) is 1. The summed E-state index contributed by atoms with van der Waals surface area (Å²) in [6, 6.07) is 55.5. The van der Waals surface area contributed by atoms with E-state index in [2.05, 4.69) is 159 Å². The number of hydrogen-bond acceptors (Lipinski definition) is 6. The molecular formula is C67H85BrIMgN3O4. The summed E-state index contributed by atoms with van der Waals surface area (Å²) in [5, 5.41) is 23.4. The third kappa shape index (κ3) is 18.5. The van der Waals surface area contributed by atoms with E-state index in [0.29, 0.717) is 61.9 Å². The Labute approximate surface area is 506 Å². The molecule has 6 saturated heterocycles. The Hall–Kier alpha value is -3.56. The van der Waals surface area contributed by atoms with Gasteiger partial charge in [0.05, 0.1) is 44.5 Å². The molecule has 6 heterocycles. The van der Waals surface area contributed by atoms with Crippen LogP contribution < -0.4 is 41.0 Å². The second kappa shape index (κ2) is 30.3. The van der Waals surface area contributed by atoms with E-state index in [4.69, 9.17) is 0 Å². The van der Waals surface area contributed by atoms with E-state index < -0.39 is 11.2 Å². The topological polar surface area (TPSA) is 73.2 Å². The zero-order chi connectivity index (χ0) is 52.1. The number of esters is 1. The average Bonchev–Trinajstić information content (AvgIpc) is 3.74. The molecule has 0 amide bonds. The van der Waals surface area contributed by atoms with Crippen molar-refractivity contribution in [2.24, 2.45) is 0 Å². The van der Waals surface area contributed by atoms with E-state index in [1.807, 2.05) is 54.6 Å². The number of rotatable bonds is 11. The number of carbonyl (C=O) groups is 1. The number of hydrogen-bond donors (Lipinski definition) is 2. The standard InChI is InChI=1S/C25H32NO.C24H29NO.C11H17NO2.C7H7.BrH.HI.Mg/c1-26(2)23-13-14-24(26)16-22(15-23)19-25(27,17-20-9-5-3-6-10-20)18-21-11-7-4-8-12-21;1-25-22-12-13-23(25)15-21(14-22)18-24(26,16-19-8-4-2-5-9-19)17-20-10-6-3-7-11-20;1-12-9-3-4-10(12)6-8(5-9)7-11(13)14-2;1-7-5-3-2-4-6-7;;;/h3-12,19,23-24,27H,13-18H2,1-2H3;2-11,18,22-23,26H,12-17H2,1H3;7,9-10H,3-6H2,1-2H3;2-6H,1H2;2*1H;/q+1;;;-1;;;+2/p-2. The summed E-state index contributed by atoms with van der Waals surface area (Å²) in [4.78, 5) is 16.1. The number of fused-ring (bicyclic) bond motifs is 6. The first-order valence-electron chi connectivity index (χ1n) is 27.6. The SMILES string of the molecule is CN1C2CCC1CC(=CC(O)(Cc1ccccc1)Cc1ccccc1)C2.COC(=O)C=C1CC2CCC(C1)N2C.C[N+]1(C)C2CCC1CC(=CC(O)(Cc1ccccc1)Cc1ccccc1)C2.[Br-].[CH2-]c1ccccc1.[I-].[Mg+2]. The van der Waals surface area contributed by atoms with E-state index in [-0.39, 0.29) is 70.0 Å². The van der Waals surface area contributed by atoms with E-state index in [1.165, 1.54) is 84.6 Å². The molecule has 0 aromatic heterocycles. The molecule has 5 aromatic rings. The van der Waals surface area contributed by atoms with Crippen LogP contribution >= 0.6 is 0 Å². The molecule has 408 valence electrons. The van der Waals surface area contributed by atoms with Crippen molar-refractivity contribution in [3.63, 3.8) is 0 Å². The predicted molar refractivity (Wildman–Crippen MR) is 309 cm³/mol. The molecule has 7 nitrogen and oxygen atoms in total. The number of carbonyl (C=O) groups excluding carboxylic acids is 1. The van der Waals surface area contributed by atoms with Crippen LogP contribution in [0.5, 0.6) is 0 Å². The summed E-state index contributed by atoms with van der Waals surface area (Å²) in [5.41, 5.74) is 8.38. The van der Waals surface area contributed by atoms with Crippen LogP contribution in [-0.4, -0.2) is 136 Å². The molecule has 2 N–H and O–H groups in total. The van der Waals surface area contributed by atoms with Crippen LogP contribution in [0, 0.1) is 6.92 Å². The van der Waals surface area contributed by atoms with Crippen LogP contribution in [0.2, 0.25) is 0 Å². The first-order valence-corrected chi connectivity index (χ1v) is 27.6. The van der Waals surface area contributed by atoms with E-state index in [9.17, 15) is 15.0 Å². The van der Waals surface area contributed by atoms with Gasteiger partial charge in [-0.2, -0.15) is 24.6 Å². The van der Waals surface area contributed by atoms with Gasteiger partial charge in [-0.05, 0) is 87.7 Å². The van der Waals surface area contributed by atoms with Gasteiger partial charge in [-0.1, -0.05) is 156 Å². The van der Waals surface area contributed by atoms with Crippen molar-refractivity contribution in [3.8, 4) is 0 Å². The van der Waals surface area contributed by atoms with Crippen LogP contribution in [0.4, 0.5) is 0 Å². The summed E-state index contributed by atoms with van der Waals surface area (Å²) < 4.78 is 5.80. The van der Waals surface area contributed by atoms with Crippen LogP contribution in [-0.2, 0) is 35.2 Å². The van der Waals surface area contributed by atoms with Crippen molar-refractivity contribution >= 4 is 29.0 Å². The normalized spacial score (nSPS) is 22.8. The quantitative estimate of drug-likeness (QED) is 0.0334. The molecule has 6 fully saturated rings. The second-order valence-electron chi connectivity index (χ2n) is 23.1. The van der Waals surface area contributed by atoms with Gasteiger partial charge in [0.25, 0.3) is 0 Å².